The molecule has 4 rings (SSSR count). The number of nitro benzene ring substituents is 1. The minimum Gasteiger partial charge on any atom is -0.477 e. The number of piperazine rings is 1. The molecular weight excluding hydrogens is 515 g/mol. The van der Waals surface area contributed by atoms with Crippen LogP contribution in [0.4, 0.5) is 30.2 Å². The minimum absolute atomic E-state index is 0.0689. The number of nitrogens with one attached hydrogen (secondary N) is 1. The zero-order chi connectivity index (χ0) is 26.9. The van der Waals surface area contributed by atoms with Gasteiger partial charge in [0.2, 0.25) is 5.43 Å². The Labute approximate surface area is 212 Å². The molecule has 0 saturated carbocycles. The lowest BCUT2D eigenvalue weighted by Gasteiger charge is -2.37. The summed E-state index contributed by atoms with van der Waals surface area (Å²) in [6.45, 7) is -0.504. The van der Waals surface area contributed by atoms with Crippen LogP contribution >= 0.6 is 12.2 Å². The lowest BCUT2D eigenvalue weighted by molar-refractivity contribution is -0.384. The molecule has 0 amide bonds. The van der Waals surface area contributed by atoms with Gasteiger partial charge in [-0.3, -0.25) is 14.9 Å². The average molecular weight is 536 g/mol. The number of carboxylic acids is 1. The molecule has 0 bridgehead atoms. The van der Waals surface area contributed by atoms with Gasteiger partial charge in [0.1, 0.15) is 23.7 Å². The monoisotopic (exact) mass is 535 g/mol. The number of anilines is 2. The maximum absolute atomic E-state index is 15.6. The number of benzene rings is 2. The zero-order valence-corrected chi connectivity index (χ0v) is 19.9. The van der Waals surface area contributed by atoms with Gasteiger partial charge in [-0.25, -0.2) is 18.0 Å². The van der Waals surface area contributed by atoms with Crippen LogP contribution in [0, 0.1) is 21.7 Å². The number of fused-ring (bicyclic) bond motifs is 1. The van der Waals surface area contributed by atoms with Crippen LogP contribution in [0.25, 0.3) is 10.9 Å². The topological polar surface area (TPSA) is 121 Å². The molecule has 10 nitrogen and oxygen atoms in total. The molecule has 0 unspecified atom stereocenters. The lowest BCUT2D eigenvalue weighted by atomic mass is 10.1. The number of carbonyl (C=O) groups is 1. The fraction of sp³-hybridized carbons (Fsp3) is 0.261. The minimum atomic E-state index is -1.58. The highest BCUT2D eigenvalue weighted by Crippen LogP contribution is 2.31. The van der Waals surface area contributed by atoms with E-state index in [2.05, 4.69) is 5.32 Å². The third-order valence-electron chi connectivity index (χ3n) is 6.00. The Balaban J connectivity index is 1.56. The Morgan fingerprint density at radius 2 is 1.81 bits per heavy atom. The van der Waals surface area contributed by atoms with Crippen molar-refractivity contribution in [1.82, 2.24) is 9.47 Å². The van der Waals surface area contributed by atoms with Gasteiger partial charge in [-0.1, -0.05) is 0 Å². The second kappa shape index (κ2) is 10.4. The van der Waals surface area contributed by atoms with Crippen LogP contribution in [0.5, 0.6) is 0 Å². The first-order chi connectivity index (χ1) is 17.6. The van der Waals surface area contributed by atoms with Gasteiger partial charge >= 0.3 is 5.97 Å². The molecule has 0 spiro atoms. The summed E-state index contributed by atoms with van der Waals surface area (Å²) in [5.41, 5.74) is -2.08. The van der Waals surface area contributed by atoms with E-state index in [1.54, 1.807) is 4.90 Å². The summed E-state index contributed by atoms with van der Waals surface area (Å²) in [5, 5.41) is 22.9. The van der Waals surface area contributed by atoms with Gasteiger partial charge in [0, 0.05) is 50.2 Å². The predicted molar refractivity (Wildman–Crippen MR) is 134 cm³/mol. The van der Waals surface area contributed by atoms with Crippen LogP contribution in [-0.4, -0.2) is 63.4 Å². The lowest BCUT2D eigenvalue weighted by Crippen LogP contribution is -2.50. The van der Waals surface area contributed by atoms with Crippen molar-refractivity contribution in [2.45, 2.75) is 6.54 Å². The summed E-state index contributed by atoms with van der Waals surface area (Å²) in [5.74, 6) is -3.71. The summed E-state index contributed by atoms with van der Waals surface area (Å²) in [7, 11) is 0. The number of aromatic nitrogens is 1. The standard InChI is InChI=1S/C23H20F3N5O5S/c24-5-6-30-12-16(22(33)34)21(32)15-11-17(25)20(18(26)19(15)30)28-7-9-29(10-8-28)23(37)27-13-1-3-14(4-2-13)31(35)36/h1-4,11-12H,5-10H2,(H,27,37)(H,33,34). The van der Waals surface area contributed by atoms with Crippen LogP contribution in [0.1, 0.15) is 10.4 Å². The van der Waals surface area contributed by atoms with Gasteiger partial charge in [0.25, 0.3) is 5.69 Å². The van der Waals surface area contributed by atoms with Crippen molar-refractivity contribution in [3.8, 4) is 0 Å². The van der Waals surface area contributed by atoms with Crippen LogP contribution in [0.2, 0.25) is 0 Å². The fourth-order valence-corrected chi connectivity index (χ4v) is 4.49. The Kier molecular flexibility index (Phi) is 7.29. The molecular formula is C23H20F3N5O5S. The van der Waals surface area contributed by atoms with Gasteiger partial charge in [0.05, 0.1) is 22.4 Å². The van der Waals surface area contributed by atoms with Crippen LogP contribution in [-0.2, 0) is 6.54 Å². The normalized spacial score (nSPS) is 13.6. The van der Waals surface area contributed by atoms with E-state index in [1.807, 2.05) is 0 Å². The van der Waals surface area contributed by atoms with Gasteiger partial charge < -0.3 is 24.8 Å². The van der Waals surface area contributed by atoms with E-state index in [0.717, 1.165) is 16.8 Å². The van der Waals surface area contributed by atoms with Crippen LogP contribution in [0.15, 0.2) is 41.3 Å². The van der Waals surface area contributed by atoms with Crippen molar-refractivity contribution in [2.75, 3.05) is 43.1 Å². The Hall–Kier alpha value is -4.20. The first-order valence-corrected chi connectivity index (χ1v) is 11.4. The molecule has 14 heteroatoms. The summed E-state index contributed by atoms with van der Waals surface area (Å²) in [6.07, 6.45) is 0.859. The molecule has 1 aliphatic heterocycles. The number of hydrogen-bond acceptors (Lipinski definition) is 6. The molecule has 1 aromatic heterocycles. The highest BCUT2D eigenvalue weighted by atomic mass is 32.1. The smallest absolute Gasteiger partial charge is 0.341 e. The number of aryl methyl sites for hydroxylation is 1. The maximum Gasteiger partial charge on any atom is 0.341 e. The first kappa shape index (κ1) is 25.9. The van der Waals surface area contributed by atoms with E-state index in [0.29, 0.717) is 10.8 Å². The van der Waals surface area contributed by atoms with Gasteiger partial charge in [-0.15, -0.1) is 0 Å². The number of hydrogen-bond donors (Lipinski definition) is 2. The second-order valence-corrected chi connectivity index (χ2v) is 8.57. The summed E-state index contributed by atoms with van der Waals surface area (Å²) < 4.78 is 44.8. The number of aromatic carboxylic acids is 1. The number of rotatable bonds is 6. The van der Waals surface area contributed by atoms with Gasteiger partial charge in [-0.05, 0) is 30.4 Å². The number of carboxylic acid groups (broad SMARTS) is 1. The molecule has 2 N–H and O–H groups in total. The van der Waals surface area contributed by atoms with Crippen molar-refractivity contribution in [2.24, 2.45) is 0 Å². The van der Waals surface area contributed by atoms with Crippen molar-refractivity contribution in [3.63, 3.8) is 0 Å². The molecule has 2 aromatic carbocycles. The SMILES string of the molecule is O=C(O)c1cn(CCF)c2c(F)c(N3CCN(C(=S)Nc4ccc([N+](=O)[O-])cc4)CC3)c(F)cc2c1=O. The number of non-ortho nitro benzene ring substituents is 1. The Morgan fingerprint density at radius 3 is 2.38 bits per heavy atom. The largest absolute Gasteiger partial charge is 0.477 e. The van der Waals surface area contributed by atoms with Crippen molar-refractivity contribution < 1.29 is 28.0 Å². The van der Waals surface area contributed by atoms with Crippen molar-refractivity contribution in [3.05, 3.63) is 74.1 Å². The van der Waals surface area contributed by atoms with Gasteiger partial charge in [-0.2, -0.15) is 0 Å². The molecule has 3 aromatic rings. The molecule has 0 atom stereocenters. The molecule has 2 heterocycles. The molecule has 194 valence electrons. The quantitative estimate of drug-likeness (QED) is 0.278. The predicted octanol–water partition coefficient (Wildman–Crippen LogP) is 3.37. The number of nitrogens with zero attached hydrogens (tertiary/aromatic N) is 4. The van der Waals surface area contributed by atoms with E-state index in [1.165, 1.54) is 29.2 Å². The van der Waals surface area contributed by atoms with Crippen LogP contribution < -0.4 is 15.6 Å². The van der Waals surface area contributed by atoms with E-state index in [9.17, 15) is 29.2 Å². The number of alkyl halides is 1. The van der Waals surface area contributed by atoms with E-state index >= 15 is 8.78 Å². The van der Waals surface area contributed by atoms with Crippen LogP contribution in [0.3, 0.4) is 0 Å². The number of pyridine rings is 1. The highest BCUT2D eigenvalue weighted by Gasteiger charge is 2.28. The van der Waals surface area contributed by atoms with Crippen molar-refractivity contribution in [1.29, 1.82) is 0 Å². The third-order valence-corrected chi connectivity index (χ3v) is 6.36. The first-order valence-electron chi connectivity index (χ1n) is 11.0. The summed E-state index contributed by atoms with van der Waals surface area (Å²) in [4.78, 5) is 37.4. The molecule has 1 aliphatic rings. The molecule has 1 fully saturated rings. The zero-order valence-electron chi connectivity index (χ0n) is 19.1. The van der Waals surface area contributed by atoms with E-state index in [-0.39, 0.29) is 37.4 Å². The molecule has 0 radical (unpaired) electrons. The Bertz CT molecular complexity index is 1460. The molecule has 1 saturated heterocycles. The van der Waals surface area contributed by atoms with E-state index < -0.39 is 57.8 Å². The highest BCUT2D eigenvalue weighted by molar-refractivity contribution is 7.80. The number of thiocarbonyl (C=S) groups is 1. The number of halogens is 3. The maximum atomic E-state index is 15.6. The summed E-state index contributed by atoms with van der Waals surface area (Å²) in [6, 6.07) is 6.46. The third kappa shape index (κ3) is 5.05. The number of nitro groups is 1. The Morgan fingerprint density at radius 1 is 1.16 bits per heavy atom. The average Bonchev–Trinajstić information content (AvgIpc) is 2.86. The fourth-order valence-electron chi connectivity index (χ4n) is 4.19. The van der Waals surface area contributed by atoms with Crippen molar-refractivity contribution >= 4 is 51.3 Å². The summed E-state index contributed by atoms with van der Waals surface area (Å²) >= 11 is 5.40. The van der Waals surface area contributed by atoms with E-state index in [4.69, 9.17) is 12.2 Å². The molecule has 0 aliphatic carbocycles. The molecule has 37 heavy (non-hydrogen) atoms. The van der Waals surface area contributed by atoms with Gasteiger partial charge in [0.15, 0.2) is 10.9 Å². The second-order valence-electron chi connectivity index (χ2n) is 8.18.